The molecule has 244 valence electrons. The van der Waals surface area contributed by atoms with E-state index in [-0.39, 0.29) is 32.5 Å². The molecule has 3 amide bonds. The molecule has 2 aromatic carbocycles. The summed E-state index contributed by atoms with van der Waals surface area (Å²) in [5, 5.41) is 20.5. The van der Waals surface area contributed by atoms with Crippen LogP contribution in [0.5, 0.6) is 0 Å². The Labute approximate surface area is 268 Å². The zero-order valence-corrected chi connectivity index (χ0v) is 26.4. The molecule has 0 spiro atoms. The number of amides is 3. The lowest BCUT2D eigenvalue weighted by molar-refractivity contribution is -0.138. The molecule has 2 aliphatic heterocycles. The second-order valence-electron chi connectivity index (χ2n) is 12.9. The number of aliphatic hydroxyl groups is 1. The molecule has 4 N–H and O–H groups in total. The Kier molecular flexibility index (Phi) is 10.00. The molecule has 0 bridgehead atoms. The molecule has 3 heterocycles. The van der Waals surface area contributed by atoms with Crippen LogP contribution in [0.25, 0.3) is 10.9 Å². The van der Waals surface area contributed by atoms with Crippen LogP contribution in [0, 0.1) is 0 Å². The van der Waals surface area contributed by atoms with Gasteiger partial charge in [-0.2, -0.15) is 0 Å². The minimum atomic E-state index is -1.76. The average Bonchev–Trinajstić information content (AvgIpc) is 3.42. The quantitative estimate of drug-likeness (QED) is 0.206. The van der Waals surface area contributed by atoms with Crippen LogP contribution in [0.1, 0.15) is 39.2 Å². The minimum absolute atomic E-state index is 0.0703. The molecule has 0 aliphatic carbocycles. The van der Waals surface area contributed by atoms with Gasteiger partial charge in [-0.3, -0.25) is 24.4 Å². The normalized spacial score (nSPS) is 22.7. The number of aryl methyl sites for hydroxylation is 1. The summed E-state index contributed by atoms with van der Waals surface area (Å²) in [5.74, 6) is -1.21. The van der Waals surface area contributed by atoms with Gasteiger partial charge in [0.25, 0.3) is 5.91 Å². The Balaban J connectivity index is 1.40. The SMILES string of the molecule is CC(C)(C)OC(=O)N1CCNCC1N1C[C@H](NC(=O)[C@H](O)CCc2ccccc2)C[C@@]1(C=O)C(=O)Nc1cnc2ccccc2c1. The molecular weight excluding hydrogens is 588 g/mol. The Morgan fingerprint density at radius 3 is 2.63 bits per heavy atom. The van der Waals surface area contributed by atoms with Crippen molar-refractivity contribution in [3.63, 3.8) is 0 Å². The zero-order chi connectivity index (χ0) is 32.9. The van der Waals surface area contributed by atoms with Crippen LogP contribution < -0.4 is 16.0 Å². The van der Waals surface area contributed by atoms with Crippen LogP contribution in [-0.2, 0) is 25.5 Å². The number of anilines is 1. The van der Waals surface area contributed by atoms with E-state index < -0.39 is 47.4 Å². The van der Waals surface area contributed by atoms with Gasteiger partial charge in [-0.1, -0.05) is 48.5 Å². The van der Waals surface area contributed by atoms with Gasteiger partial charge in [0.05, 0.1) is 17.4 Å². The third-order valence-electron chi connectivity index (χ3n) is 8.33. The van der Waals surface area contributed by atoms with Gasteiger partial charge in [-0.05, 0) is 51.3 Å². The number of carbonyl (C=O) groups excluding carboxylic acids is 4. The third kappa shape index (κ3) is 7.52. The number of carbonyl (C=O) groups is 4. The fraction of sp³-hybridized carbons (Fsp3) is 0.441. The predicted molar refractivity (Wildman–Crippen MR) is 173 cm³/mol. The van der Waals surface area contributed by atoms with Crippen molar-refractivity contribution in [3.05, 3.63) is 72.4 Å². The number of likely N-dealkylation sites (tertiary alicyclic amines) is 1. The number of piperazine rings is 1. The Morgan fingerprint density at radius 2 is 1.89 bits per heavy atom. The number of ether oxygens (including phenoxy) is 1. The third-order valence-corrected chi connectivity index (χ3v) is 8.33. The number of para-hydroxylation sites is 1. The van der Waals surface area contributed by atoms with Crippen molar-refractivity contribution < 1.29 is 29.0 Å². The number of nitrogens with zero attached hydrogens (tertiary/aromatic N) is 3. The molecule has 2 aliphatic rings. The summed E-state index contributed by atoms with van der Waals surface area (Å²) < 4.78 is 5.68. The molecule has 46 heavy (non-hydrogen) atoms. The van der Waals surface area contributed by atoms with Crippen molar-refractivity contribution in [2.24, 2.45) is 0 Å². The number of benzene rings is 2. The number of aliphatic hydroxyl groups excluding tert-OH is 1. The first-order valence-corrected chi connectivity index (χ1v) is 15.6. The molecule has 1 unspecified atom stereocenters. The van der Waals surface area contributed by atoms with Crippen molar-refractivity contribution in [1.82, 2.24) is 25.4 Å². The second kappa shape index (κ2) is 13.9. The van der Waals surface area contributed by atoms with Crippen LogP contribution in [0.3, 0.4) is 0 Å². The highest BCUT2D eigenvalue weighted by atomic mass is 16.6. The topological polar surface area (TPSA) is 153 Å². The predicted octanol–water partition coefficient (Wildman–Crippen LogP) is 2.46. The summed E-state index contributed by atoms with van der Waals surface area (Å²) in [7, 11) is 0. The van der Waals surface area contributed by atoms with Gasteiger partial charge in [-0.25, -0.2) is 4.79 Å². The minimum Gasteiger partial charge on any atom is -0.444 e. The maximum absolute atomic E-state index is 14.2. The molecule has 1 aromatic heterocycles. The molecule has 5 rings (SSSR count). The van der Waals surface area contributed by atoms with Crippen molar-refractivity contribution in [2.45, 2.75) is 69.5 Å². The molecule has 2 fully saturated rings. The molecule has 12 heteroatoms. The highest BCUT2D eigenvalue weighted by molar-refractivity contribution is 6.09. The highest BCUT2D eigenvalue weighted by Gasteiger charge is 2.56. The first-order chi connectivity index (χ1) is 22.0. The summed E-state index contributed by atoms with van der Waals surface area (Å²) in [6.07, 6.45) is 0.156. The number of hydrogen-bond donors (Lipinski definition) is 4. The van der Waals surface area contributed by atoms with Gasteiger partial charge < -0.3 is 30.6 Å². The summed E-state index contributed by atoms with van der Waals surface area (Å²) in [4.78, 5) is 61.4. The van der Waals surface area contributed by atoms with Crippen molar-refractivity contribution in [2.75, 3.05) is 31.5 Å². The number of aromatic nitrogens is 1. The van der Waals surface area contributed by atoms with Crippen LogP contribution >= 0.6 is 0 Å². The van der Waals surface area contributed by atoms with Crippen molar-refractivity contribution in [3.8, 4) is 0 Å². The van der Waals surface area contributed by atoms with Gasteiger partial charge in [0.2, 0.25) is 5.91 Å². The van der Waals surface area contributed by atoms with Gasteiger partial charge in [-0.15, -0.1) is 0 Å². The Hall–Kier alpha value is -4.39. The van der Waals surface area contributed by atoms with Crippen molar-refractivity contribution >= 4 is 40.8 Å². The van der Waals surface area contributed by atoms with E-state index in [0.717, 1.165) is 16.5 Å². The number of hydrogen-bond acceptors (Lipinski definition) is 9. The van der Waals surface area contributed by atoms with E-state index in [4.69, 9.17) is 4.74 Å². The maximum atomic E-state index is 14.2. The fourth-order valence-corrected chi connectivity index (χ4v) is 6.09. The summed E-state index contributed by atoms with van der Waals surface area (Å²) in [6, 6.07) is 18.1. The van der Waals surface area contributed by atoms with E-state index in [1.54, 1.807) is 31.7 Å². The van der Waals surface area contributed by atoms with Crippen LogP contribution in [-0.4, -0.2) is 99.7 Å². The lowest BCUT2D eigenvalue weighted by Crippen LogP contribution is -2.68. The van der Waals surface area contributed by atoms with Gasteiger partial charge in [0.15, 0.2) is 5.54 Å². The second-order valence-corrected chi connectivity index (χ2v) is 12.9. The zero-order valence-electron chi connectivity index (χ0n) is 26.4. The van der Waals surface area contributed by atoms with E-state index in [0.29, 0.717) is 24.9 Å². The number of nitrogens with one attached hydrogen (secondary N) is 3. The Bertz CT molecular complexity index is 1560. The Morgan fingerprint density at radius 1 is 1.15 bits per heavy atom. The lowest BCUT2D eigenvalue weighted by Gasteiger charge is -2.45. The molecule has 4 atom stereocenters. The van der Waals surface area contributed by atoms with E-state index in [2.05, 4.69) is 20.9 Å². The number of pyridine rings is 1. The standard InChI is InChI=1S/C34H42N6O6/c1-33(2,3)46-32(45)39-16-15-35-20-29(39)40-21-26(37-30(43)28(42)14-13-23-9-5-4-6-10-23)18-34(40,22-41)31(44)38-25-17-24-11-7-8-12-27(24)36-19-25/h4-12,17,19,22,26,28-29,35,42H,13-16,18,20-21H2,1-3H3,(H,37,43)(H,38,44)/t26-,28-,29?,34-/m1/s1. The van der Waals surface area contributed by atoms with Gasteiger partial charge >= 0.3 is 6.09 Å². The summed E-state index contributed by atoms with van der Waals surface area (Å²) in [6.45, 7) is 6.44. The number of fused-ring (bicyclic) bond motifs is 1. The first kappa shape index (κ1) is 33.0. The molecule has 3 aromatic rings. The smallest absolute Gasteiger partial charge is 0.411 e. The molecule has 0 radical (unpaired) electrons. The molecule has 0 saturated carbocycles. The maximum Gasteiger partial charge on any atom is 0.411 e. The van der Waals surface area contributed by atoms with Crippen LogP contribution in [0.2, 0.25) is 0 Å². The largest absolute Gasteiger partial charge is 0.444 e. The van der Waals surface area contributed by atoms with E-state index in [1.807, 2.05) is 54.6 Å². The summed E-state index contributed by atoms with van der Waals surface area (Å²) >= 11 is 0. The van der Waals surface area contributed by atoms with Crippen LogP contribution in [0.4, 0.5) is 10.5 Å². The summed E-state index contributed by atoms with van der Waals surface area (Å²) in [5.41, 5.74) is -0.370. The molecular formula is C34H42N6O6. The highest BCUT2D eigenvalue weighted by Crippen LogP contribution is 2.34. The number of aldehydes is 1. The van der Waals surface area contributed by atoms with Crippen LogP contribution in [0.15, 0.2) is 66.9 Å². The molecule has 12 nitrogen and oxygen atoms in total. The van der Waals surface area contributed by atoms with Gasteiger partial charge in [0.1, 0.15) is 24.2 Å². The fourth-order valence-electron chi connectivity index (χ4n) is 6.09. The first-order valence-electron chi connectivity index (χ1n) is 15.6. The van der Waals surface area contributed by atoms with Crippen molar-refractivity contribution in [1.29, 1.82) is 0 Å². The van der Waals surface area contributed by atoms with Gasteiger partial charge in [0, 0.05) is 44.0 Å². The molecule has 2 saturated heterocycles. The average molecular weight is 631 g/mol. The van der Waals surface area contributed by atoms with E-state index in [1.165, 1.54) is 11.1 Å². The number of rotatable bonds is 9. The van der Waals surface area contributed by atoms with E-state index in [9.17, 15) is 24.3 Å². The van der Waals surface area contributed by atoms with E-state index >= 15 is 0 Å². The monoisotopic (exact) mass is 630 g/mol. The lowest BCUT2D eigenvalue weighted by atomic mass is 9.94.